The van der Waals surface area contributed by atoms with E-state index < -0.39 is 11.4 Å². The smallest absolute Gasteiger partial charge is 0.341 e. The Morgan fingerprint density at radius 1 is 1.42 bits per heavy atom. The number of hydrogen-bond acceptors (Lipinski definition) is 2. The van der Waals surface area contributed by atoms with Crippen LogP contribution in [0.25, 0.3) is 10.9 Å². The number of carboxylic acid groups (broad SMARTS) is 1. The van der Waals surface area contributed by atoms with Crippen molar-refractivity contribution in [1.82, 2.24) is 4.57 Å². The van der Waals surface area contributed by atoms with Crippen molar-refractivity contribution in [2.75, 3.05) is 0 Å². The Balaban J connectivity index is 2.30. The molecule has 0 amide bonds. The summed E-state index contributed by atoms with van der Waals surface area (Å²) in [6.07, 6.45) is 3.85. The van der Waals surface area contributed by atoms with Gasteiger partial charge in [0.1, 0.15) is 5.56 Å². The van der Waals surface area contributed by atoms with Crippen LogP contribution in [0.15, 0.2) is 29.2 Å². The summed E-state index contributed by atoms with van der Waals surface area (Å²) in [5, 5.41) is 9.65. The summed E-state index contributed by atoms with van der Waals surface area (Å²) in [7, 11) is 0. The lowest BCUT2D eigenvalue weighted by Gasteiger charge is -2.12. The van der Waals surface area contributed by atoms with E-state index in [1.165, 1.54) is 19.0 Å². The van der Waals surface area contributed by atoms with Crippen LogP contribution in [0.1, 0.15) is 23.2 Å². The van der Waals surface area contributed by atoms with Gasteiger partial charge in [-0.2, -0.15) is 0 Å². The quantitative estimate of drug-likeness (QED) is 0.847. The van der Waals surface area contributed by atoms with Gasteiger partial charge < -0.3 is 9.67 Å². The summed E-state index contributed by atoms with van der Waals surface area (Å²) in [6, 6.07) is 5.59. The van der Waals surface area contributed by atoms with Gasteiger partial charge in [-0.25, -0.2) is 4.79 Å². The number of halogens is 1. The molecule has 4 nitrogen and oxygen atoms in total. The van der Waals surface area contributed by atoms with Crippen molar-refractivity contribution in [3.8, 4) is 0 Å². The third-order valence-corrected chi connectivity index (χ3v) is 4.10. The molecule has 5 heteroatoms. The van der Waals surface area contributed by atoms with Crippen LogP contribution in [0.2, 0.25) is 0 Å². The minimum Gasteiger partial charge on any atom is -0.477 e. The Morgan fingerprint density at radius 2 is 2.16 bits per heavy atom. The zero-order valence-electron chi connectivity index (χ0n) is 10.1. The number of benzene rings is 1. The molecule has 1 N–H and O–H groups in total. The van der Waals surface area contributed by atoms with Gasteiger partial charge >= 0.3 is 5.97 Å². The highest BCUT2D eigenvalue weighted by Crippen LogP contribution is 2.31. The predicted molar refractivity (Wildman–Crippen MR) is 80.6 cm³/mol. The van der Waals surface area contributed by atoms with Crippen molar-refractivity contribution >= 4 is 39.5 Å². The van der Waals surface area contributed by atoms with Gasteiger partial charge in [-0.15, -0.1) is 0 Å². The predicted octanol–water partition coefficient (Wildman–Crippen LogP) is 2.71. The van der Waals surface area contributed by atoms with E-state index in [-0.39, 0.29) is 5.56 Å². The largest absolute Gasteiger partial charge is 0.477 e. The van der Waals surface area contributed by atoms with Crippen molar-refractivity contribution in [1.29, 1.82) is 0 Å². The van der Waals surface area contributed by atoms with Crippen molar-refractivity contribution < 1.29 is 9.90 Å². The number of pyridine rings is 1. The number of carboxylic acids is 1. The first kappa shape index (κ1) is 12.7. The van der Waals surface area contributed by atoms with Crippen LogP contribution < -0.4 is 5.43 Å². The number of carbonyl (C=O) groups is 1. The molecule has 1 saturated carbocycles. The summed E-state index contributed by atoms with van der Waals surface area (Å²) in [5.74, 6) is -0.540. The van der Waals surface area contributed by atoms with Crippen molar-refractivity contribution in [3.63, 3.8) is 0 Å². The molecule has 2 aromatic rings. The molecule has 0 aliphatic heterocycles. The second-order valence-corrected chi connectivity index (χ2v) is 6.18. The van der Waals surface area contributed by atoms with Crippen molar-refractivity contribution in [2.24, 2.45) is 5.92 Å². The van der Waals surface area contributed by atoms with Gasteiger partial charge in [0.15, 0.2) is 0 Å². The second-order valence-electron chi connectivity index (χ2n) is 4.93. The Labute approximate surface area is 123 Å². The Morgan fingerprint density at radius 3 is 2.79 bits per heavy atom. The zero-order chi connectivity index (χ0) is 13.6. The molecular formula is C14H12INO3. The lowest BCUT2D eigenvalue weighted by Crippen LogP contribution is -2.19. The Hall–Kier alpha value is -1.37. The number of fused-ring (bicyclic) bond motifs is 1. The molecule has 1 aromatic heterocycles. The average molecular weight is 369 g/mol. The molecule has 1 aromatic carbocycles. The van der Waals surface area contributed by atoms with Gasteiger partial charge in [0.05, 0.1) is 5.52 Å². The summed E-state index contributed by atoms with van der Waals surface area (Å²) in [4.78, 5) is 23.4. The molecule has 1 fully saturated rings. The maximum atomic E-state index is 12.2. The Kier molecular flexibility index (Phi) is 3.08. The number of aromatic nitrogens is 1. The molecule has 98 valence electrons. The van der Waals surface area contributed by atoms with E-state index in [9.17, 15) is 9.59 Å². The summed E-state index contributed by atoms with van der Waals surface area (Å²) in [5.41, 5.74) is 0.283. The van der Waals surface area contributed by atoms with Crippen LogP contribution in [0.5, 0.6) is 0 Å². The summed E-state index contributed by atoms with van der Waals surface area (Å²) >= 11 is 2.13. The average Bonchev–Trinajstić information content (AvgIpc) is 3.16. The lowest BCUT2D eigenvalue weighted by molar-refractivity contribution is 0.0695. The minimum absolute atomic E-state index is 0.143. The van der Waals surface area contributed by atoms with Crippen LogP contribution in [0.3, 0.4) is 0 Å². The van der Waals surface area contributed by atoms with Gasteiger partial charge in [0, 0.05) is 21.7 Å². The standard InChI is InChI=1S/C14H12INO3/c15-9-3-4-12-10(5-9)13(17)11(14(18)19)7-16(12)6-8-1-2-8/h3-5,7-8H,1-2,6H2,(H,18,19). The Bertz CT molecular complexity index is 731. The van der Waals surface area contributed by atoms with Crippen LogP contribution in [0, 0.1) is 9.49 Å². The van der Waals surface area contributed by atoms with Crippen molar-refractivity contribution in [2.45, 2.75) is 19.4 Å². The molecule has 0 spiro atoms. The summed E-state index contributed by atoms with van der Waals surface area (Å²) < 4.78 is 2.84. The highest BCUT2D eigenvalue weighted by molar-refractivity contribution is 14.1. The minimum atomic E-state index is -1.16. The molecule has 0 radical (unpaired) electrons. The maximum absolute atomic E-state index is 12.2. The van der Waals surface area contributed by atoms with Crippen molar-refractivity contribution in [3.05, 3.63) is 43.8 Å². The number of nitrogens with zero attached hydrogens (tertiary/aromatic N) is 1. The van der Waals surface area contributed by atoms with E-state index in [4.69, 9.17) is 5.11 Å². The molecular weight excluding hydrogens is 357 g/mol. The molecule has 1 aliphatic rings. The fourth-order valence-corrected chi connectivity index (χ4v) is 2.74. The van der Waals surface area contributed by atoms with E-state index in [0.29, 0.717) is 11.3 Å². The molecule has 0 atom stereocenters. The van der Waals surface area contributed by atoms with E-state index >= 15 is 0 Å². The fourth-order valence-electron chi connectivity index (χ4n) is 2.25. The normalized spacial score (nSPS) is 14.8. The SMILES string of the molecule is O=C(O)c1cn(CC2CC2)c2ccc(I)cc2c1=O. The van der Waals surface area contributed by atoms with Crippen LogP contribution >= 0.6 is 22.6 Å². The van der Waals surface area contributed by atoms with Crippen LogP contribution in [-0.4, -0.2) is 15.6 Å². The molecule has 3 rings (SSSR count). The van der Waals surface area contributed by atoms with Gasteiger partial charge in [0.2, 0.25) is 5.43 Å². The van der Waals surface area contributed by atoms with Crippen LogP contribution in [0.4, 0.5) is 0 Å². The zero-order valence-corrected chi connectivity index (χ0v) is 12.3. The van der Waals surface area contributed by atoms with Gasteiger partial charge in [-0.1, -0.05) is 0 Å². The van der Waals surface area contributed by atoms with Crippen LogP contribution in [-0.2, 0) is 6.54 Å². The van der Waals surface area contributed by atoms with E-state index in [1.54, 1.807) is 6.07 Å². The number of rotatable bonds is 3. The van der Waals surface area contributed by atoms with E-state index in [2.05, 4.69) is 22.6 Å². The van der Waals surface area contributed by atoms with Gasteiger partial charge in [-0.05, 0) is 59.5 Å². The topological polar surface area (TPSA) is 59.3 Å². The first-order valence-electron chi connectivity index (χ1n) is 6.12. The molecule has 0 unspecified atom stereocenters. The molecule has 1 aliphatic carbocycles. The highest BCUT2D eigenvalue weighted by Gasteiger charge is 2.23. The maximum Gasteiger partial charge on any atom is 0.341 e. The summed E-state index contributed by atoms with van der Waals surface area (Å²) in [6.45, 7) is 0.789. The monoisotopic (exact) mass is 369 g/mol. The number of aromatic carboxylic acids is 1. The lowest BCUT2D eigenvalue weighted by atomic mass is 10.1. The van der Waals surface area contributed by atoms with E-state index in [0.717, 1.165) is 15.6 Å². The third kappa shape index (κ3) is 2.39. The fraction of sp³-hybridized carbons (Fsp3) is 0.286. The molecule has 0 saturated heterocycles. The first-order valence-corrected chi connectivity index (χ1v) is 7.20. The van der Waals surface area contributed by atoms with E-state index in [1.807, 2.05) is 16.7 Å². The van der Waals surface area contributed by atoms with Gasteiger partial charge in [-0.3, -0.25) is 4.79 Å². The molecule has 1 heterocycles. The first-order chi connectivity index (χ1) is 9.06. The second kappa shape index (κ2) is 4.63. The molecule has 0 bridgehead atoms. The third-order valence-electron chi connectivity index (χ3n) is 3.42. The number of hydrogen-bond donors (Lipinski definition) is 1. The van der Waals surface area contributed by atoms with Gasteiger partial charge in [0.25, 0.3) is 0 Å². The molecule has 19 heavy (non-hydrogen) atoms. The highest BCUT2D eigenvalue weighted by atomic mass is 127.